The average molecular weight is 423 g/mol. The summed E-state index contributed by atoms with van der Waals surface area (Å²) in [6, 6.07) is 4.98. The van der Waals surface area contributed by atoms with Crippen LogP contribution >= 0.6 is 23.4 Å². The van der Waals surface area contributed by atoms with Gasteiger partial charge < -0.3 is 10.6 Å². The molecule has 6 nitrogen and oxygen atoms in total. The first-order valence-electron chi connectivity index (χ1n) is 9.70. The van der Waals surface area contributed by atoms with Crippen LogP contribution in [0.3, 0.4) is 0 Å². The van der Waals surface area contributed by atoms with E-state index in [0.29, 0.717) is 17.1 Å². The van der Waals surface area contributed by atoms with Gasteiger partial charge in [-0.25, -0.2) is 0 Å². The molecule has 4 rings (SSSR count). The number of carbonyl (C=O) groups excluding carboxylic acids is 3. The van der Waals surface area contributed by atoms with Gasteiger partial charge >= 0.3 is 0 Å². The molecule has 0 unspecified atom stereocenters. The zero-order valence-corrected chi connectivity index (χ0v) is 17.8. The van der Waals surface area contributed by atoms with E-state index in [2.05, 4.69) is 5.32 Å². The summed E-state index contributed by atoms with van der Waals surface area (Å²) in [4.78, 5) is 41.5. The smallest absolute Gasteiger partial charge is 0.291 e. The van der Waals surface area contributed by atoms with Crippen molar-refractivity contribution < 1.29 is 19.7 Å². The SMILES string of the molecule is CC[C@H](C)N1C(=O)[C@@H]2[C@H](CCSC)[NH2+][C@@]3(C(=O)Nc4ccc(Cl)cc43)[C@@H]2C1=O. The highest BCUT2D eigenvalue weighted by Gasteiger charge is 2.74. The molecule has 3 N–H and O–H groups in total. The van der Waals surface area contributed by atoms with E-state index < -0.39 is 17.4 Å². The third-order valence-corrected chi connectivity index (χ3v) is 7.43. The fourth-order valence-electron chi connectivity index (χ4n) is 5.09. The predicted octanol–water partition coefficient (Wildman–Crippen LogP) is 1.59. The normalized spacial score (nSPS) is 32.1. The van der Waals surface area contributed by atoms with E-state index in [9.17, 15) is 14.4 Å². The minimum absolute atomic E-state index is 0.112. The molecule has 3 heterocycles. The summed E-state index contributed by atoms with van der Waals surface area (Å²) in [5.41, 5.74) is 0.277. The van der Waals surface area contributed by atoms with Crippen LogP contribution in [0.5, 0.6) is 0 Å². The Bertz CT molecular complexity index is 863. The number of quaternary nitrogens is 1. The minimum Gasteiger partial charge on any atom is -0.326 e. The lowest BCUT2D eigenvalue weighted by Crippen LogP contribution is -2.99. The molecular formula is C20H25ClN3O3S+. The summed E-state index contributed by atoms with van der Waals surface area (Å²) in [6.07, 6.45) is 3.48. The van der Waals surface area contributed by atoms with Gasteiger partial charge in [0.05, 0.1) is 5.69 Å². The Hall–Kier alpha value is -1.57. The number of fused-ring (bicyclic) bond motifs is 4. The standard InChI is InChI=1S/C20H24ClN3O3S/c1-4-10(2)24-17(25)15-14(7-8-28-3)23-20(16(15)18(24)26)12-9-11(21)5-6-13(12)22-19(20)27/h5-6,9-10,14-16,23H,4,7-8H2,1-3H3,(H,22,27)/p+1/t10-,14-,15+,16-,20+/m0/s1. The number of anilines is 1. The first-order chi connectivity index (χ1) is 13.4. The van der Waals surface area contributed by atoms with Gasteiger partial charge in [0.2, 0.25) is 17.4 Å². The fraction of sp³-hybridized carbons (Fsp3) is 0.550. The zero-order valence-electron chi connectivity index (χ0n) is 16.2. The van der Waals surface area contributed by atoms with Crippen molar-refractivity contribution in [2.75, 3.05) is 17.3 Å². The Morgan fingerprint density at radius 1 is 1.32 bits per heavy atom. The topological polar surface area (TPSA) is 83.1 Å². The molecular weight excluding hydrogens is 398 g/mol. The molecule has 150 valence electrons. The molecule has 3 amide bonds. The van der Waals surface area contributed by atoms with E-state index in [1.807, 2.05) is 25.4 Å². The van der Waals surface area contributed by atoms with Gasteiger partial charge in [-0.2, -0.15) is 11.8 Å². The molecule has 0 radical (unpaired) electrons. The van der Waals surface area contributed by atoms with Crippen LogP contribution in [0.15, 0.2) is 18.2 Å². The van der Waals surface area contributed by atoms with Crippen molar-refractivity contribution in [3.05, 3.63) is 28.8 Å². The van der Waals surface area contributed by atoms with Gasteiger partial charge in [-0.05, 0) is 43.6 Å². The Balaban J connectivity index is 1.86. The number of nitrogens with two attached hydrogens (primary N) is 1. The molecule has 0 saturated carbocycles. The number of nitrogens with one attached hydrogen (secondary N) is 1. The van der Waals surface area contributed by atoms with Crippen LogP contribution in [0.1, 0.15) is 32.3 Å². The molecule has 1 spiro atoms. The number of imide groups is 1. The molecule has 3 aliphatic rings. The Labute approximate surface area is 173 Å². The monoisotopic (exact) mass is 422 g/mol. The third kappa shape index (κ3) is 2.56. The highest BCUT2D eigenvalue weighted by atomic mass is 35.5. The molecule has 0 bridgehead atoms. The summed E-state index contributed by atoms with van der Waals surface area (Å²) in [6.45, 7) is 3.85. The Kier molecular flexibility index (Phi) is 4.96. The van der Waals surface area contributed by atoms with E-state index in [1.165, 1.54) is 4.90 Å². The van der Waals surface area contributed by atoms with Crippen molar-refractivity contribution >= 4 is 46.8 Å². The molecule has 5 atom stereocenters. The maximum Gasteiger partial charge on any atom is 0.291 e. The summed E-state index contributed by atoms with van der Waals surface area (Å²) < 4.78 is 0. The largest absolute Gasteiger partial charge is 0.326 e. The van der Waals surface area contributed by atoms with Crippen LogP contribution in [0.2, 0.25) is 5.02 Å². The molecule has 28 heavy (non-hydrogen) atoms. The fourth-order valence-corrected chi connectivity index (χ4v) is 5.77. The van der Waals surface area contributed by atoms with Crippen LogP contribution in [0.4, 0.5) is 5.69 Å². The Morgan fingerprint density at radius 2 is 2.07 bits per heavy atom. The molecule has 2 fully saturated rings. The number of amides is 3. The van der Waals surface area contributed by atoms with Crippen LogP contribution in [-0.2, 0) is 19.9 Å². The summed E-state index contributed by atoms with van der Waals surface area (Å²) in [5.74, 6) is -0.888. The first-order valence-corrected chi connectivity index (χ1v) is 11.5. The number of rotatable bonds is 5. The van der Waals surface area contributed by atoms with Gasteiger partial charge in [0.1, 0.15) is 17.9 Å². The van der Waals surface area contributed by atoms with Crippen molar-refractivity contribution in [1.29, 1.82) is 0 Å². The lowest BCUT2D eigenvalue weighted by molar-refractivity contribution is -0.733. The van der Waals surface area contributed by atoms with Crippen molar-refractivity contribution in [1.82, 2.24) is 4.90 Å². The Morgan fingerprint density at radius 3 is 2.75 bits per heavy atom. The van der Waals surface area contributed by atoms with Gasteiger partial charge in [0.15, 0.2) is 0 Å². The van der Waals surface area contributed by atoms with Crippen LogP contribution in [0, 0.1) is 11.8 Å². The maximum absolute atomic E-state index is 13.5. The minimum atomic E-state index is -1.12. The van der Waals surface area contributed by atoms with Crippen LogP contribution in [-0.4, -0.2) is 46.7 Å². The number of hydrogen-bond donors (Lipinski definition) is 2. The van der Waals surface area contributed by atoms with Crippen molar-refractivity contribution in [2.24, 2.45) is 11.8 Å². The maximum atomic E-state index is 13.5. The quantitative estimate of drug-likeness (QED) is 0.706. The molecule has 1 aromatic rings. The van der Waals surface area contributed by atoms with Gasteiger partial charge in [0, 0.05) is 23.0 Å². The second kappa shape index (κ2) is 7.04. The van der Waals surface area contributed by atoms with Gasteiger partial charge in [-0.15, -0.1) is 0 Å². The highest BCUT2D eigenvalue weighted by molar-refractivity contribution is 7.98. The van der Waals surface area contributed by atoms with Crippen LogP contribution < -0.4 is 10.6 Å². The van der Waals surface area contributed by atoms with Crippen molar-refractivity contribution in [3.63, 3.8) is 0 Å². The van der Waals surface area contributed by atoms with E-state index in [4.69, 9.17) is 11.6 Å². The molecule has 1 aromatic carbocycles. The summed E-state index contributed by atoms with van der Waals surface area (Å²) in [7, 11) is 0. The second-order valence-corrected chi connectivity index (χ2v) is 9.35. The van der Waals surface area contributed by atoms with E-state index in [0.717, 1.165) is 17.7 Å². The van der Waals surface area contributed by atoms with E-state index in [-0.39, 0.29) is 29.8 Å². The number of hydrogen-bond acceptors (Lipinski definition) is 4. The third-order valence-electron chi connectivity index (χ3n) is 6.55. The lowest BCUT2D eigenvalue weighted by atomic mass is 9.76. The number of nitrogens with zero attached hydrogens (tertiary/aromatic N) is 1. The van der Waals surface area contributed by atoms with Gasteiger partial charge in [-0.1, -0.05) is 18.5 Å². The van der Waals surface area contributed by atoms with Crippen LogP contribution in [0.25, 0.3) is 0 Å². The van der Waals surface area contributed by atoms with Gasteiger partial charge in [0.25, 0.3) is 5.91 Å². The van der Waals surface area contributed by atoms with Gasteiger partial charge in [-0.3, -0.25) is 19.3 Å². The highest BCUT2D eigenvalue weighted by Crippen LogP contribution is 2.50. The van der Waals surface area contributed by atoms with E-state index in [1.54, 1.807) is 30.0 Å². The lowest BCUT2D eigenvalue weighted by Gasteiger charge is -2.28. The number of thioether (sulfide) groups is 1. The van der Waals surface area contributed by atoms with Crippen molar-refractivity contribution in [2.45, 2.75) is 44.3 Å². The predicted molar refractivity (Wildman–Crippen MR) is 109 cm³/mol. The average Bonchev–Trinajstić information content (AvgIpc) is 3.25. The summed E-state index contributed by atoms with van der Waals surface area (Å²) in [5, 5.41) is 5.41. The molecule has 2 saturated heterocycles. The van der Waals surface area contributed by atoms with E-state index >= 15 is 0 Å². The second-order valence-electron chi connectivity index (χ2n) is 7.93. The molecule has 0 aliphatic carbocycles. The molecule has 0 aromatic heterocycles. The number of carbonyl (C=O) groups is 3. The number of benzene rings is 1. The van der Waals surface area contributed by atoms with Crippen molar-refractivity contribution in [3.8, 4) is 0 Å². The molecule has 8 heteroatoms. The first kappa shape index (κ1) is 19.7. The zero-order chi connectivity index (χ0) is 20.2. The number of halogens is 1. The number of likely N-dealkylation sites (tertiary alicyclic amines) is 1. The molecule has 3 aliphatic heterocycles. The summed E-state index contributed by atoms with van der Waals surface area (Å²) >= 11 is 7.95.